The lowest BCUT2D eigenvalue weighted by Gasteiger charge is -2.24. The average molecular weight is 226 g/mol. The summed E-state index contributed by atoms with van der Waals surface area (Å²) >= 11 is 5.74. The minimum absolute atomic E-state index is 0.0392. The van der Waals surface area contributed by atoms with E-state index in [1.54, 1.807) is 12.1 Å². The molecule has 1 aromatic rings. The van der Waals surface area contributed by atoms with E-state index in [1.807, 2.05) is 12.1 Å². The number of carbonyl (C=O) groups excluding carboxylic acids is 1. The molecular weight excluding hydrogens is 214 g/mol. The van der Waals surface area contributed by atoms with Crippen LogP contribution in [-0.2, 0) is 16.1 Å². The maximum atomic E-state index is 11.4. The lowest BCUT2D eigenvalue weighted by Crippen LogP contribution is -2.47. The molecule has 0 bridgehead atoms. The second-order valence-electron chi connectivity index (χ2n) is 3.59. The zero-order valence-electron chi connectivity index (χ0n) is 8.20. The lowest BCUT2D eigenvalue weighted by molar-refractivity contribution is -0.151. The van der Waals surface area contributed by atoms with Gasteiger partial charge in [0, 0.05) is 18.1 Å². The molecule has 1 aliphatic heterocycles. The van der Waals surface area contributed by atoms with Gasteiger partial charge < -0.3 is 10.1 Å². The molecule has 80 valence electrons. The molecular formula is C11H12ClNO2. The number of nitrogens with one attached hydrogen (secondary N) is 1. The summed E-state index contributed by atoms with van der Waals surface area (Å²) in [5, 5.41) is 3.72. The fraction of sp³-hybridized carbons (Fsp3) is 0.364. The Morgan fingerprint density at radius 3 is 2.60 bits per heavy atom. The Balaban J connectivity index is 1.82. The molecule has 1 N–H and O–H groups in total. The van der Waals surface area contributed by atoms with Gasteiger partial charge in [0.1, 0.15) is 6.61 Å². The van der Waals surface area contributed by atoms with Crippen LogP contribution in [0, 0.1) is 5.92 Å². The summed E-state index contributed by atoms with van der Waals surface area (Å²) in [6, 6.07) is 7.29. The van der Waals surface area contributed by atoms with Crippen LogP contribution in [0.1, 0.15) is 5.56 Å². The number of hydrogen-bond donors (Lipinski definition) is 1. The van der Waals surface area contributed by atoms with E-state index in [4.69, 9.17) is 16.3 Å². The van der Waals surface area contributed by atoms with E-state index in [0.717, 1.165) is 18.7 Å². The molecule has 15 heavy (non-hydrogen) atoms. The highest BCUT2D eigenvalue weighted by molar-refractivity contribution is 6.30. The predicted octanol–water partition coefficient (Wildman–Crippen LogP) is 1.60. The molecule has 1 fully saturated rings. The van der Waals surface area contributed by atoms with E-state index in [-0.39, 0.29) is 11.9 Å². The quantitative estimate of drug-likeness (QED) is 0.795. The maximum Gasteiger partial charge on any atom is 0.311 e. The molecule has 1 aromatic carbocycles. The minimum Gasteiger partial charge on any atom is -0.461 e. The van der Waals surface area contributed by atoms with Crippen molar-refractivity contribution < 1.29 is 9.53 Å². The third kappa shape index (κ3) is 2.70. The molecule has 4 heteroatoms. The van der Waals surface area contributed by atoms with Crippen LogP contribution in [0.3, 0.4) is 0 Å². The molecule has 0 unspecified atom stereocenters. The van der Waals surface area contributed by atoms with Crippen LogP contribution in [0.15, 0.2) is 24.3 Å². The summed E-state index contributed by atoms with van der Waals surface area (Å²) in [4.78, 5) is 11.4. The van der Waals surface area contributed by atoms with E-state index in [0.29, 0.717) is 11.6 Å². The van der Waals surface area contributed by atoms with Gasteiger partial charge in [0.2, 0.25) is 0 Å². The minimum atomic E-state index is -0.122. The highest BCUT2D eigenvalue weighted by Gasteiger charge is 2.26. The Hall–Kier alpha value is -1.06. The van der Waals surface area contributed by atoms with Crippen LogP contribution in [-0.4, -0.2) is 19.1 Å². The number of rotatable bonds is 3. The van der Waals surface area contributed by atoms with Crippen LogP contribution in [0.25, 0.3) is 0 Å². The number of hydrogen-bond acceptors (Lipinski definition) is 3. The Morgan fingerprint density at radius 1 is 1.40 bits per heavy atom. The van der Waals surface area contributed by atoms with Gasteiger partial charge in [-0.25, -0.2) is 0 Å². The zero-order chi connectivity index (χ0) is 10.7. The molecule has 0 amide bonds. The maximum absolute atomic E-state index is 11.4. The van der Waals surface area contributed by atoms with E-state index in [9.17, 15) is 4.79 Å². The van der Waals surface area contributed by atoms with Crippen molar-refractivity contribution in [2.75, 3.05) is 13.1 Å². The molecule has 0 atom stereocenters. The van der Waals surface area contributed by atoms with Crippen molar-refractivity contribution in [2.24, 2.45) is 5.92 Å². The molecule has 1 saturated heterocycles. The second kappa shape index (κ2) is 4.64. The molecule has 2 rings (SSSR count). The summed E-state index contributed by atoms with van der Waals surface area (Å²) in [5.74, 6) is -0.0824. The van der Waals surface area contributed by atoms with Crippen molar-refractivity contribution >= 4 is 17.6 Å². The molecule has 3 nitrogen and oxygen atoms in total. The number of ether oxygens (including phenoxy) is 1. The molecule has 1 aliphatic rings. The van der Waals surface area contributed by atoms with Crippen LogP contribution in [0.4, 0.5) is 0 Å². The Labute approximate surface area is 93.4 Å². The largest absolute Gasteiger partial charge is 0.461 e. The zero-order valence-corrected chi connectivity index (χ0v) is 8.96. The van der Waals surface area contributed by atoms with Crippen molar-refractivity contribution in [2.45, 2.75) is 6.61 Å². The number of esters is 1. The van der Waals surface area contributed by atoms with Gasteiger partial charge in [0.15, 0.2) is 0 Å². The van der Waals surface area contributed by atoms with E-state index in [1.165, 1.54) is 0 Å². The third-order valence-corrected chi connectivity index (χ3v) is 2.66. The van der Waals surface area contributed by atoms with Crippen molar-refractivity contribution in [3.8, 4) is 0 Å². The Bertz CT molecular complexity index is 346. The van der Waals surface area contributed by atoms with Gasteiger partial charge in [-0.05, 0) is 17.7 Å². The number of benzene rings is 1. The molecule has 0 spiro atoms. The smallest absolute Gasteiger partial charge is 0.311 e. The molecule has 0 aromatic heterocycles. The standard InChI is InChI=1S/C11H12ClNO2/c12-10-3-1-8(2-4-10)7-15-11(14)9-5-13-6-9/h1-4,9,13H,5-7H2. The van der Waals surface area contributed by atoms with Crippen LogP contribution >= 0.6 is 11.6 Å². The Morgan fingerprint density at radius 2 is 2.07 bits per heavy atom. The third-order valence-electron chi connectivity index (χ3n) is 2.41. The molecule has 0 aliphatic carbocycles. The SMILES string of the molecule is O=C(OCc1ccc(Cl)cc1)C1CNC1. The van der Waals surface area contributed by atoms with Gasteiger partial charge in [-0.1, -0.05) is 23.7 Å². The topological polar surface area (TPSA) is 38.3 Å². The highest BCUT2D eigenvalue weighted by atomic mass is 35.5. The average Bonchev–Trinajstić information content (AvgIpc) is 2.14. The first-order chi connectivity index (χ1) is 7.25. The molecule has 1 heterocycles. The van der Waals surface area contributed by atoms with Crippen LogP contribution < -0.4 is 5.32 Å². The normalized spacial score (nSPS) is 15.8. The fourth-order valence-corrected chi connectivity index (χ4v) is 1.43. The van der Waals surface area contributed by atoms with E-state index in [2.05, 4.69) is 5.32 Å². The summed E-state index contributed by atoms with van der Waals surface area (Å²) in [6.07, 6.45) is 0. The predicted molar refractivity (Wildman–Crippen MR) is 57.6 cm³/mol. The van der Waals surface area contributed by atoms with Gasteiger partial charge in [0.05, 0.1) is 5.92 Å². The van der Waals surface area contributed by atoms with Crippen LogP contribution in [0.5, 0.6) is 0 Å². The van der Waals surface area contributed by atoms with Crippen molar-refractivity contribution in [1.29, 1.82) is 0 Å². The second-order valence-corrected chi connectivity index (χ2v) is 4.03. The van der Waals surface area contributed by atoms with Gasteiger partial charge in [-0.2, -0.15) is 0 Å². The first-order valence-corrected chi connectivity index (χ1v) is 5.25. The van der Waals surface area contributed by atoms with E-state index >= 15 is 0 Å². The summed E-state index contributed by atoms with van der Waals surface area (Å²) < 4.78 is 5.15. The Kier molecular flexibility index (Phi) is 3.23. The highest BCUT2D eigenvalue weighted by Crippen LogP contribution is 2.12. The summed E-state index contributed by atoms with van der Waals surface area (Å²) in [7, 11) is 0. The lowest BCUT2D eigenvalue weighted by atomic mass is 10.0. The molecule has 0 saturated carbocycles. The van der Waals surface area contributed by atoms with E-state index < -0.39 is 0 Å². The van der Waals surface area contributed by atoms with Crippen molar-refractivity contribution in [3.63, 3.8) is 0 Å². The first kappa shape index (κ1) is 10.5. The summed E-state index contributed by atoms with van der Waals surface area (Å²) in [5.41, 5.74) is 0.958. The number of carbonyl (C=O) groups is 1. The monoisotopic (exact) mass is 225 g/mol. The summed E-state index contributed by atoms with van der Waals surface area (Å²) in [6.45, 7) is 1.80. The first-order valence-electron chi connectivity index (χ1n) is 4.87. The van der Waals surface area contributed by atoms with Gasteiger partial charge in [-0.15, -0.1) is 0 Å². The van der Waals surface area contributed by atoms with Gasteiger partial charge in [0.25, 0.3) is 0 Å². The number of halogens is 1. The van der Waals surface area contributed by atoms with Crippen molar-refractivity contribution in [1.82, 2.24) is 5.32 Å². The van der Waals surface area contributed by atoms with Crippen LogP contribution in [0.2, 0.25) is 5.02 Å². The van der Waals surface area contributed by atoms with Gasteiger partial charge in [-0.3, -0.25) is 4.79 Å². The van der Waals surface area contributed by atoms with Gasteiger partial charge >= 0.3 is 5.97 Å². The molecule has 0 radical (unpaired) electrons. The van der Waals surface area contributed by atoms with Crippen molar-refractivity contribution in [3.05, 3.63) is 34.9 Å². The fourth-order valence-electron chi connectivity index (χ4n) is 1.31.